The number of ether oxygens (including phenoxy) is 2. The van der Waals surface area contributed by atoms with E-state index < -0.39 is 46.6 Å². The van der Waals surface area contributed by atoms with Gasteiger partial charge in [-0.2, -0.15) is 0 Å². The molecule has 0 spiro atoms. The number of halogens is 1. The Morgan fingerprint density at radius 3 is 2.60 bits per heavy atom. The summed E-state index contributed by atoms with van der Waals surface area (Å²) in [6, 6.07) is 0. The van der Waals surface area contributed by atoms with Crippen molar-refractivity contribution in [2.24, 2.45) is 28.6 Å². The summed E-state index contributed by atoms with van der Waals surface area (Å²) in [5.41, 5.74) is -2.51. The predicted octanol–water partition coefficient (Wildman–Crippen LogP) is 3.02. The number of hydrogen-bond donors (Lipinski definition) is 2. The van der Waals surface area contributed by atoms with Crippen molar-refractivity contribution in [1.82, 2.24) is 0 Å². The molecule has 5 rings (SSSR count). The smallest absolute Gasteiger partial charge is 0.339 e. The van der Waals surface area contributed by atoms with E-state index in [1.54, 1.807) is 13.8 Å². The molecule has 7 heteroatoms. The number of hydrogen-bond acceptors (Lipinski definition) is 5. The second-order valence-corrected chi connectivity index (χ2v) is 11.1. The minimum Gasteiger partial charge on any atom is -0.479 e. The van der Waals surface area contributed by atoms with E-state index in [1.807, 2.05) is 13.8 Å². The molecule has 5 aliphatic rings. The number of alkyl halides is 1. The Morgan fingerprint density at radius 2 is 1.93 bits per heavy atom. The highest BCUT2D eigenvalue weighted by Crippen LogP contribution is 2.70. The van der Waals surface area contributed by atoms with Gasteiger partial charge in [-0.1, -0.05) is 13.8 Å². The monoisotopic (exact) mass is 422 g/mol. The Kier molecular flexibility index (Phi) is 4.07. The van der Waals surface area contributed by atoms with E-state index in [4.69, 9.17) is 9.47 Å². The van der Waals surface area contributed by atoms with Gasteiger partial charge in [-0.25, -0.2) is 9.18 Å². The van der Waals surface area contributed by atoms with Crippen LogP contribution in [0.15, 0.2) is 11.6 Å². The molecule has 0 amide bonds. The lowest BCUT2D eigenvalue weighted by Crippen LogP contribution is -2.64. The quantitative estimate of drug-likeness (QED) is 0.675. The minimum atomic E-state index is -1.56. The van der Waals surface area contributed by atoms with Crippen LogP contribution in [0, 0.1) is 28.6 Å². The van der Waals surface area contributed by atoms with E-state index in [0.717, 1.165) is 0 Å². The van der Waals surface area contributed by atoms with Crippen LogP contribution in [-0.2, 0) is 19.1 Å². The Balaban J connectivity index is 1.61. The number of ketones is 1. The first-order chi connectivity index (χ1) is 13.9. The topological polar surface area (TPSA) is 93.1 Å². The first-order valence-corrected chi connectivity index (χ1v) is 11.0. The molecule has 166 valence electrons. The number of carboxylic acids is 1. The largest absolute Gasteiger partial charge is 0.479 e. The van der Waals surface area contributed by atoms with Gasteiger partial charge in [-0.05, 0) is 74.3 Å². The predicted molar refractivity (Wildman–Crippen MR) is 104 cm³/mol. The normalized spacial score (nSPS) is 53.9. The zero-order valence-corrected chi connectivity index (χ0v) is 18.0. The lowest BCUT2D eigenvalue weighted by atomic mass is 9.45. The van der Waals surface area contributed by atoms with Gasteiger partial charge in [0.15, 0.2) is 17.2 Å². The van der Waals surface area contributed by atoms with E-state index in [0.29, 0.717) is 24.8 Å². The van der Waals surface area contributed by atoms with E-state index >= 15 is 4.39 Å². The molecule has 0 aromatic rings. The molecule has 0 aromatic carbocycles. The molecule has 3 saturated carbocycles. The molecule has 1 aliphatic heterocycles. The van der Waals surface area contributed by atoms with Crippen molar-refractivity contribution in [3.8, 4) is 0 Å². The van der Waals surface area contributed by atoms with Crippen LogP contribution in [0.4, 0.5) is 4.39 Å². The van der Waals surface area contributed by atoms with Crippen LogP contribution in [0.25, 0.3) is 0 Å². The number of aliphatic hydroxyl groups is 1. The molecular weight excluding hydrogens is 391 g/mol. The summed E-state index contributed by atoms with van der Waals surface area (Å²) < 4.78 is 27.6. The second kappa shape index (κ2) is 5.93. The lowest BCUT2D eigenvalue weighted by molar-refractivity contribution is -0.235. The number of fused-ring (bicyclic) bond motifs is 7. The third kappa shape index (κ3) is 2.29. The first-order valence-electron chi connectivity index (χ1n) is 11.0. The lowest BCUT2D eigenvalue weighted by Gasteiger charge is -2.60. The molecule has 1 unspecified atom stereocenters. The molecule has 0 aromatic heterocycles. The van der Waals surface area contributed by atoms with Gasteiger partial charge in [-0.15, -0.1) is 0 Å². The number of aliphatic hydroxyl groups excluding tert-OH is 1. The molecule has 4 fully saturated rings. The zero-order chi connectivity index (χ0) is 21.9. The van der Waals surface area contributed by atoms with Crippen LogP contribution in [0.2, 0.25) is 0 Å². The number of aliphatic carboxylic acids is 1. The first kappa shape index (κ1) is 20.6. The van der Waals surface area contributed by atoms with E-state index in [2.05, 4.69) is 0 Å². The fraction of sp³-hybridized carbons (Fsp3) is 0.826. The van der Waals surface area contributed by atoms with Gasteiger partial charge in [-0.3, -0.25) is 4.79 Å². The molecule has 6 nitrogen and oxygen atoms in total. The van der Waals surface area contributed by atoms with Crippen LogP contribution in [0.1, 0.15) is 59.8 Å². The number of carbonyl (C=O) groups is 2. The highest BCUT2D eigenvalue weighted by Gasteiger charge is 2.78. The van der Waals surface area contributed by atoms with E-state index in [-0.39, 0.29) is 36.4 Å². The third-order valence-corrected chi connectivity index (χ3v) is 9.18. The van der Waals surface area contributed by atoms with Gasteiger partial charge in [0.2, 0.25) is 0 Å². The van der Waals surface area contributed by atoms with Crippen LogP contribution < -0.4 is 0 Å². The summed E-state index contributed by atoms with van der Waals surface area (Å²) in [6.07, 6.45) is 0.573. The molecule has 4 aliphatic carbocycles. The Labute approximate surface area is 175 Å². The zero-order valence-electron chi connectivity index (χ0n) is 18.0. The van der Waals surface area contributed by atoms with Crippen LogP contribution in [-0.4, -0.2) is 51.7 Å². The number of allylic oxidation sites excluding steroid dienone is 1. The fourth-order valence-corrected chi connectivity index (χ4v) is 8.16. The van der Waals surface area contributed by atoms with Gasteiger partial charge in [0, 0.05) is 11.8 Å². The third-order valence-electron chi connectivity index (χ3n) is 9.18. The van der Waals surface area contributed by atoms with Gasteiger partial charge in [0.1, 0.15) is 12.3 Å². The van der Waals surface area contributed by atoms with Crippen molar-refractivity contribution < 1.29 is 33.7 Å². The van der Waals surface area contributed by atoms with Gasteiger partial charge < -0.3 is 19.7 Å². The van der Waals surface area contributed by atoms with E-state index in [1.165, 1.54) is 6.08 Å². The van der Waals surface area contributed by atoms with Crippen LogP contribution in [0.3, 0.4) is 0 Å². The second-order valence-electron chi connectivity index (χ2n) is 11.1. The van der Waals surface area contributed by atoms with Crippen molar-refractivity contribution in [2.45, 2.75) is 89.6 Å². The summed E-state index contributed by atoms with van der Waals surface area (Å²) in [4.78, 5) is 24.6. The van der Waals surface area contributed by atoms with Gasteiger partial charge >= 0.3 is 5.97 Å². The Hall–Kier alpha value is -1.31. The molecule has 1 saturated heterocycles. The van der Waals surface area contributed by atoms with Gasteiger partial charge in [0.25, 0.3) is 0 Å². The van der Waals surface area contributed by atoms with Crippen molar-refractivity contribution >= 4 is 11.8 Å². The van der Waals surface area contributed by atoms with Crippen molar-refractivity contribution in [1.29, 1.82) is 0 Å². The summed E-state index contributed by atoms with van der Waals surface area (Å²) in [7, 11) is 0. The number of carboxylic acid groups (broad SMARTS) is 1. The Bertz CT molecular complexity index is 853. The number of rotatable bonds is 1. The summed E-state index contributed by atoms with van der Waals surface area (Å²) in [5.74, 6) is -2.70. The minimum absolute atomic E-state index is 0.0528. The van der Waals surface area contributed by atoms with Crippen molar-refractivity contribution in [3.63, 3.8) is 0 Å². The maximum atomic E-state index is 15.4. The maximum Gasteiger partial charge on any atom is 0.339 e. The summed E-state index contributed by atoms with van der Waals surface area (Å²) in [6.45, 7) is 7.28. The average molecular weight is 422 g/mol. The molecule has 0 bridgehead atoms. The van der Waals surface area contributed by atoms with Crippen LogP contribution >= 0.6 is 0 Å². The van der Waals surface area contributed by atoms with Crippen molar-refractivity contribution in [2.75, 3.05) is 0 Å². The Morgan fingerprint density at radius 1 is 1.23 bits per heavy atom. The molecule has 30 heavy (non-hydrogen) atoms. The van der Waals surface area contributed by atoms with Crippen LogP contribution in [0.5, 0.6) is 0 Å². The fourth-order valence-electron chi connectivity index (χ4n) is 8.16. The highest BCUT2D eigenvalue weighted by atomic mass is 19.1. The number of carbonyl (C=O) groups excluding carboxylic acids is 1. The molecule has 2 N–H and O–H groups in total. The highest BCUT2D eigenvalue weighted by molar-refractivity contribution is 5.92. The molecule has 1 heterocycles. The SMILES string of the molecule is CC1(C)O[C@@H]2C[C@H]3[C@@H]4CC(F)C5=CC(=O)CC[C@]5(C)[C@H]4[C@@H](O)C[C@]3(C)[C@]2(C(=O)O)O1. The van der Waals surface area contributed by atoms with Crippen molar-refractivity contribution in [3.05, 3.63) is 11.6 Å². The molecule has 9 atom stereocenters. The molecule has 0 radical (unpaired) electrons. The van der Waals surface area contributed by atoms with E-state index in [9.17, 15) is 19.8 Å². The average Bonchev–Trinajstić information content (AvgIpc) is 3.03. The standard InChI is InChI=1S/C23H31FO6/c1-20(2)29-17-9-13-12-8-15(24)14-7-11(25)5-6-21(14,3)18(12)16(26)10-22(13,4)23(17,30-20)19(27)28/h7,12-13,15-18,26H,5-6,8-10H2,1-4H3,(H,27,28)/t12-,13-,15?,16-,17+,18+,21-,22-,23-/m0/s1. The summed E-state index contributed by atoms with van der Waals surface area (Å²) in [5, 5.41) is 21.7. The van der Waals surface area contributed by atoms with Gasteiger partial charge in [0.05, 0.1) is 6.10 Å². The summed E-state index contributed by atoms with van der Waals surface area (Å²) >= 11 is 0. The molecular formula is C23H31FO6. The maximum absolute atomic E-state index is 15.4.